The number of rotatable bonds is 4. The fraction of sp³-hybridized carbons (Fsp3) is 0.600. The van der Waals surface area contributed by atoms with Gasteiger partial charge in [-0.3, -0.25) is 0 Å². The fourth-order valence-corrected chi connectivity index (χ4v) is 3.93. The zero-order chi connectivity index (χ0) is 22.8. The van der Waals surface area contributed by atoms with E-state index in [0.717, 1.165) is 0 Å². The molecule has 30 heavy (non-hydrogen) atoms. The van der Waals surface area contributed by atoms with Crippen molar-refractivity contribution in [3.63, 3.8) is 0 Å². The summed E-state index contributed by atoms with van der Waals surface area (Å²) >= 11 is 0. The predicted octanol–water partition coefficient (Wildman–Crippen LogP) is 2.03. The van der Waals surface area contributed by atoms with E-state index < -0.39 is 33.3 Å². The lowest BCUT2D eigenvalue weighted by molar-refractivity contribution is -0.192. The van der Waals surface area contributed by atoms with Gasteiger partial charge in [0.25, 0.3) is 0 Å². The van der Waals surface area contributed by atoms with Crippen molar-refractivity contribution in [2.45, 2.75) is 23.7 Å². The summed E-state index contributed by atoms with van der Waals surface area (Å²) < 4.78 is 104. The van der Waals surface area contributed by atoms with E-state index in [0.29, 0.717) is 23.2 Å². The summed E-state index contributed by atoms with van der Waals surface area (Å²) in [6, 6.07) is 5.16. The molecule has 0 bridgehead atoms. The normalized spacial score (nSPS) is 21.5. The molecule has 0 aromatic carbocycles. The molecule has 0 aliphatic carbocycles. The Kier molecular flexibility index (Phi) is 6.88. The van der Waals surface area contributed by atoms with Gasteiger partial charge in [0.1, 0.15) is 5.60 Å². The molecular formula is C15H16F6N2O6S. The van der Waals surface area contributed by atoms with Crippen LogP contribution in [0.4, 0.5) is 26.3 Å². The van der Waals surface area contributed by atoms with Crippen LogP contribution in [0.5, 0.6) is 5.88 Å². The number of aromatic nitrogens is 1. The smallest absolute Gasteiger partial charge is 0.477 e. The SMILES string of the molecule is O=C(O)C(F)(F)F.O=S(=O)(N1CC2(C1)OCCC2COc1ccccn1)C(F)(F)F. The van der Waals surface area contributed by atoms with Crippen LogP contribution in [0, 0.1) is 5.92 Å². The molecule has 170 valence electrons. The van der Waals surface area contributed by atoms with Crippen molar-refractivity contribution in [2.75, 3.05) is 26.3 Å². The third-order valence-corrected chi connectivity index (χ3v) is 5.96. The van der Waals surface area contributed by atoms with Crippen LogP contribution in [-0.2, 0) is 19.6 Å². The zero-order valence-corrected chi connectivity index (χ0v) is 15.8. The number of ether oxygens (including phenoxy) is 2. The van der Waals surface area contributed by atoms with Crippen LogP contribution >= 0.6 is 0 Å². The van der Waals surface area contributed by atoms with Crippen LogP contribution in [0.2, 0.25) is 0 Å². The minimum atomic E-state index is -5.29. The number of hydrogen-bond acceptors (Lipinski definition) is 6. The number of carbonyl (C=O) groups is 1. The van der Waals surface area contributed by atoms with Gasteiger partial charge in [-0.2, -0.15) is 30.6 Å². The molecule has 15 heteroatoms. The summed E-state index contributed by atoms with van der Waals surface area (Å²) in [5, 5.41) is 7.12. The number of carboxylic acids is 1. The monoisotopic (exact) mass is 466 g/mol. The number of nitrogens with zero attached hydrogens (tertiary/aromatic N) is 2. The van der Waals surface area contributed by atoms with Gasteiger partial charge in [0.2, 0.25) is 5.88 Å². The molecular weight excluding hydrogens is 450 g/mol. The van der Waals surface area contributed by atoms with Gasteiger partial charge in [0.05, 0.1) is 6.61 Å². The van der Waals surface area contributed by atoms with Crippen LogP contribution < -0.4 is 4.74 Å². The summed E-state index contributed by atoms with van der Waals surface area (Å²) in [5.74, 6) is -2.52. The summed E-state index contributed by atoms with van der Waals surface area (Å²) in [5.41, 5.74) is -6.18. The Bertz CT molecular complexity index is 839. The molecule has 1 atom stereocenters. The maximum atomic E-state index is 12.5. The highest BCUT2D eigenvalue weighted by Crippen LogP contribution is 2.43. The molecule has 8 nitrogen and oxygen atoms in total. The summed E-state index contributed by atoms with van der Waals surface area (Å²) in [6.07, 6.45) is -2.91. The Morgan fingerprint density at radius 2 is 1.87 bits per heavy atom. The first-order chi connectivity index (χ1) is 13.7. The lowest BCUT2D eigenvalue weighted by Gasteiger charge is -2.48. The van der Waals surface area contributed by atoms with E-state index >= 15 is 0 Å². The second kappa shape index (κ2) is 8.55. The van der Waals surface area contributed by atoms with E-state index in [-0.39, 0.29) is 25.6 Å². The van der Waals surface area contributed by atoms with Crippen molar-refractivity contribution >= 4 is 16.0 Å². The van der Waals surface area contributed by atoms with Crippen LogP contribution in [0.1, 0.15) is 6.42 Å². The largest absolute Gasteiger partial charge is 0.511 e. The standard InChI is InChI=1S/C13H15F3N2O4S.C2HF3O2/c14-13(15,16)23(19,20)18-8-12(9-18)10(4-6-22-12)7-21-11-3-1-2-5-17-11;3-2(4,5)1(6)7/h1-3,5,10H,4,6-9H2;(H,6,7). The first kappa shape index (κ1) is 24.1. The highest BCUT2D eigenvalue weighted by atomic mass is 32.2. The average molecular weight is 466 g/mol. The number of halogens is 6. The van der Waals surface area contributed by atoms with E-state index in [9.17, 15) is 34.8 Å². The first-order valence-electron chi connectivity index (χ1n) is 8.23. The molecule has 2 fully saturated rings. The lowest BCUT2D eigenvalue weighted by Crippen LogP contribution is -2.68. The molecule has 1 aromatic rings. The number of sulfonamides is 1. The van der Waals surface area contributed by atoms with Crippen LogP contribution in [0.15, 0.2) is 24.4 Å². The third-order valence-electron chi connectivity index (χ3n) is 4.43. The van der Waals surface area contributed by atoms with Crippen molar-refractivity contribution in [1.82, 2.24) is 9.29 Å². The number of hydrogen-bond donors (Lipinski definition) is 1. The van der Waals surface area contributed by atoms with Gasteiger partial charge in [-0.15, -0.1) is 0 Å². The van der Waals surface area contributed by atoms with Gasteiger partial charge in [-0.05, 0) is 12.5 Å². The molecule has 3 rings (SSSR count). The van der Waals surface area contributed by atoms with Crippen molar-refractivity contribution < 1.29 is 54.1 Å². The van der Waals surface area contributed by atoms with Crippen molar-refractivity contribution in [2.24, 2.45) is 5.92 Å². The Labute approximate surface area is 166 Å². The average Bonchev–Trinajstić information content (AvgIpc) is 3.02. The highest BCUT2D eigenvalue weighted by Gasteiger charge is 2.62. The molecule has 1 N–H and O–H groups in total. The summed E-state index contributed by atoms with van der Waals surface area (Å²) in [6.45, 7) is -0.0107. The van der Waals surface area contributed by atoms with Crippen LogP contribution in [0.3, 0.4) is 0 Å². The molecule has 2 saturated heterocycles. The van der Waals surface area contributed by atoms with Crippen molar-refractivity contribution in [3.05, 3.63) is 24.4 Å². The van der Waals surface area contributed by atoms with Gasteiger partial charge < -0.3 is 14.6 Å². The van der Waals surface area contributed by atoms with E-state index in [4.69, 9.17) is 19.4 Å². The second-order valence-corrected chi connectivity index (χ2v) is 8.33. The molecule has 0 amide bonds. The molecule has 3 heterocycles. The van der Waals surface area contributed by atoms with E-state index in [1.165, 1.54) is 0 Å². The molecule has 1 aromatic heterocycles. The Morgan fingerprint density at radius 1 is 1.27 bits per heavy atom. The molecule has 0 saturated carbocycles. The van der Waals surface area contributed by atoms with Crippen molar-refractivity contribution in [3.8, 4) is 5.88 Å². The summed E-state index contributed by atoms with van der Waals surface area (Å²) in [4.78, 5) is 12.9. The van der Waals surface area contributed by atoms with E-state index in [2.05, 4.69) is 4.98 Å². The van der Waals surface area contributed by atoms with E-state index in [1.54, 1.807) is 24.4 Å². The topological polar surface area (TPSA) is 106 Å². The maximum absolute atomic E-state index is 12.5. The Hall–Kier alpha value is -2.13. The minimum Gasteiger partial charge on any atom is -0.477 e. The highest BCUT2D eigenvalue weighted by molar-refractivity contribution is 7.90. The van der Waals surface area contributed by atoms with Gasteiger partial charge in [0, 0.05) is 37.9 Å². The lowest BCUT2D eigenvalue weighted by atomic mass is 9.83. The van der Waals surface area contributed by atoms with Crippen molar-refractivity contribution in [1.29, 1.82) is 0 Å². The van der Waals surface area contributed by atoms with Gasteiger partial charge >= 0.3 is 27.7 Å². The maximum Gasteiger partial charge on any atom is 0.511 e. The summed E-state index contributed by atoms with van der Waals surface area (Å²) in [7, 11) is -5.29. The van der Waals surface area contributed by atoms with Gasteiger partial charge in [0.15, 0.2) is 0 Å². The third kappa shape index (κ3) is 5.31. The second-order valence-electron chi connectivity index (χ2n) is 6.40. The van der Waals surface area contributed by atoms with Crippen LogP contribution in [-0.4, -0.2) is 72.4 Å². The Morgan fingerprint density at radius 3 is 2.33 bits per heavy atom. The van der Waals surface area contributed by atoms with E-state index in [1.807, 2.05) is 0 Å². The molecule has 2 aliphatic rings. The first-order valence-corrected chi connectivity index (χ1v) is 9.67. The van der Waals surface area contributed by atoms with Gasteiger partial charge in [-0.25, -0.2) is 18.2 Å². The minimum absolute atomic E-state index is 0.177. The Balaban J connectivity index is 0.000000396. The number of alkyl halides is 6. The van der Waals surface area contributed by atoms with Gasteiger partial charge in [-0.1, -0.05) is 6.07 Å². The fourth-order valence-electron chi connectivity index (χ4n) is 2.86. The number of aliphatic carboxylic acids is 1. The number of carboxylic acid groups (broad SMARTS) is 1. The molecule has 2 aliphatic heterocycles. The number of pyridine rings is 1. The quantitative estimate of drug-likeness (QED) is 0.677. The zero-order valence-electron chi connectivity index (χ0n) is 15.0. The molecule has 1 spiro atoms. The van der Waals surface area contributed by atoms with Crippen LogP contribution in [0.25, 0.3) is 0 Å². The molecule has 0 radical (unpaired) electrons. The molecule has 1 unspecified atom stereocenters. The predicted molar refractivity (Wildman–Crippen MR) is 86.8 cm³/mol.